The Labute approximate surface area is 331 Å². The number of hydrogen-bond acceptors (Lipinski definition) is 10. The molecule has 56 heavy (non-hydrogen) atoms. The molecule has 3 heterocycles. The Kier molecular flexibility index (Phi) is 16.1. The fraction of sp³-hybridized carbons (Fsp3) is 0.439. The van der Waals surface area contributed by atoms with Gasteiger partial charge in [0.1, 0.15) is 18.3 Å². The average molecular weight is 788 g/mol. The first kappa shape index (κ1) is 42.2. The second-order valence-electron chi connectivity index (χ2n) is 14.1. The molecule has 2 bridgehead atoms. The van der Waals surface area contributed by atoms with E-state index in [1.807, 2.05) is 60.0 Å². The van der Waals surface area contributed by atoms with Crippen LogP contribution in [0.4, 0.5) is 0 Å². The number of fused-ring (bicyclic) bond motifs is 3. The van der Waals surface area contributed by atoms with Gasteiger partial charge in [-0.05, 0) is 59.9 Å². The number of thiophene rings is 1. The van der Waals surface area contributed by atoms with Crippen molar-refractivity contribution in [2.24, 2.45) is 11.1 Å². The van der Waals surface area contributed by atoms with Crippen LogP contribution in [0.15, 0.2) is 84.3 Å². The lowest BCUT2D eigenvalue weighted by Gasteiger charge is -2.42. The van der Waals surface area contributed by atoms with E-state index in [-0.39, 0.29) is 69.8 Å². The molecule has 2 aliphatic rings. The van der Waals surface area contributed by atoms with Gasteiger partial charge in [0.05, 0.1) is 25.0 Å². The molecule has 2 aromatic carbocycles. The van der Waals surface area contributed by atoms with Crippen molar-refractivity contribution < 1.29 is 33.8 Å². The third-order valence-electron chi connectivity index (χ3n) is 9.95. The highest BCUT2D eigenvalue weighted by molar-refractivity contribution is 7.09. The van der Waals surface area contributed by atoms with E-state index in [2.05, 4.69) is 26.6 Å². The first-order valence-corrected chi connectivity index (χ1v) is 20.0. The van der Waals surface area contributed by atoms with Gasteiger partial charge in [0, 0.05) is 56.6 Å². The number of hydrogen-bond donors (Lipinski definition) is 7. The van der Waals surface area contributed by atoms with E-state index in [4.69, 9.17) is 10.5 Å². The average Bonchev–Trinajstić information content (AvgIpc) is 3.72. The summed E-state index contributed by atoms with van der Waals surface area (Å²) in [6.07, 6.45) is 3.12. The van der Waals surface area contributed by atoms with Gasteiger partial charge < -0.3 is 41.7 Å². The molecule has 1 saturated heterocycles. The smallest absolute Gasteiger partial charge is 0.246 e. The van der Waals surface area contributed by atoms with Crippen LogP contribution in [0.5, 0.6) is 0 Å². The van der Waals surface area contributed by atoms with Crippen molar-refractivity contribution in [3.8, 4) is 0 Å². The van der Waals surface area contributed by atoms with Gasteiger partial charge in [-0.15, -0.1) is 11.3 Å². The Morgan fingerprint density at radius 2 is 1.79 bits per heavy atom. The first-order valence-electron chi connectivity index (χ1n) is 19.1. The van der Waals surface area contributed by atoms with Gasteiger partial charge >= 0.3 is 0 Å². The van der Waals surface area contributed by atoms with E-state index < -0.39 is 35.5 Å². The van der Waals surface area contributed by atoms with Gasteiger partial charge in [-0.2, -0.15) is 0 Å². The number of aliphatic hydroxyl groups is 1. The zero-order valence-electron chi connectivity index (χ0n) is 31.5. The quantitative estimate of drug-likeness (QED) is 0.146. The first-order chi connectivity index (χ1) is 27.2. The molecular weight excluding hydrogens is 735 g/mol. The van der Waals surface area contributed by atoms with E-state index in [0.29, 0.717) is 50.1 Å². The minimum absolute atomic E-state index is 0.0653. The lowest BCUT2D eigenvalue weighted by atomic mass is 9.74. The van der Waals surface area contributed by atoms with Crippen LogP contribution in [0, 0.1) is 5.41 Å². The van der Waals surface area contributed by atoms with Gasteiger partial charge in [-0.25, -0.2) is 0 Å². The van der Waals surface area contributed by atoms with Crippen LogP contribution in [-0.4, -0.2) is 104 Å². The van der Waals surface area contributed by atoms with Gasteiger partial charge in [0.25, 0.3) is 0 Å². The zero-order valence-corrected chi connectivity index (χ0v) is 32.4. The molecule has 0 aliphatic carbocycles. The maximum Gasteiger partial charge on any atom is 0.246 e. The molecule has 4 atom stereocenters. The molecule has 1 fully saturated rings. The normalized spacial score (nSPS) is 23.7. The number of benzene rings is 2. The number of nitrogens with zero attached hydrogens (tertiary/aromatic N) is 1. The maximum absolute atomic E-state index is 14.6. The molecule has 0 saturated carbocycles. The van der Waals surface area contributed by atoms with E-state index in [1.165, 1.54) is 23.5 Å². The molecule has 5 rings (SSSR count). The van der Waals surface area contributed by atoms with E-state index in [9.17, 15) is 29.1 Å². The SMILES string of the molecule is NCCOCCNC(=O)[C@@H]1CCNC(O)/C=C/C(=O)N2CCC[C@](Cc3ccccc3)(C2)C(=O)N[C@@H](Cc2cccs2)C(=O)NCc2ccccc2CC(=O)N1. The van der Waals surface area contributed by atoms with Crippen LogP contribution in [0.1, 0.15) is 40.8 Å². The van der Waals surface area contributed by atoms with Gasteiger partial charge in [-0.3, -0.25) is 29.3 Å². The largest absolute Gasteiger partial charge is 0.378 e. The molecule has 300 valence electrons. The van der Waals surface area contributed by atoms with Gasteiger partial charge in [0.15, 0.2) is 0 Å². The standard InChI is InChI=1S/C41H53N7O7S/c42-17-21-55-22-19-44-38(52)33-15-18-43-35(49)13-14-37(51)48-20-7-16-41(28-48,26-29-8-2-1-3-9-29)40(54)47-34(25-32-12-6-23-56-32)39(53)45-27-31-11-5-4-10-30(31)24-36(50)46-33/h1-6,8-14,23,33-35,43,49H,7,15-22,24-28,42H2,(H,44,52)(H,45,53)(H,46,50)(H,47,54)/b14-13+/t33-,34-,35?,41-/m0/s1. The molecule has 14 nitrogen and oxygen atoms in total. The van der Waals surface area contributed by atoms with Crippen molar-refractivity contribution in [1.82, 2.24) is 31.5 Å². The highest BCUT2D eigenvalue weighted by Gasteiger charge is 2.44. The summed E-state index contributed by atoms with van der Waals surface area (Å²) in [5.74, 6) is -1.91. The van der Waals surface area contributed by atoms with E-state index in [1.54, 1.807) is 17.0 Å². The predicted molar refractivity (Wildman–Crippen MR) is 213 cm³/mol. The minimum Gasteiger partial charge on any atom is -0.378 e. The lowest BCUT2D eigenvalue weighted by molar-refractivity contribution is -0.141. The molecular formula is C41H53N7O7S. The van der Waals surface area contributed by atoms with Crippen molar-refractivity contribution in [1.29, 1.82) is 0 Å². The summed E-state index contributed by atoms with van der Waals surface area (Å²) in [6, 6.07) is 18.8. The van der Waals surface area contributed by atoms with Crippen molar-refractivity contribution in [2.45, 2.75) is 63.4 Å². The van der Waals surface area contributed by atoms with Crippen molar-refractivity contribution >= 4 is 40.9 Å². The number of rotatable bonds is 10. The molecule has 0 radical (unpaired) electrons. The third-order valence-corrected chi connectivity index (χ3v) is 10.9. The van der Waals surface area contributed by atoms with Crippen LogP contribution >= 0.6 is 11.3 Å². The van der Waals surface area contributed by atoms with Crippen molar-refractivity contribution in [3.63, 3.8) is 0 Å². The van der Waals surface area contributed by atoms with E-state index in [0.717, 1.165) is 10.4 Å². The van der Waals surface area contributed by atoms with E-state index >= 15 is 0 Å². The highest BCUT2D eigenvalue weighted by Crippen LogP contribution is 2.35. The number of carbonyl (C=O) groups is 5. The summed E-state index contributed by atoms with van der Waals surface area (Å²) < 4.78 is 5.36. The van der Waals surface area contributed by atoms with Crippen LogP contribution in [0.25, 0.3) is 0 Å². The Bertz CT molecular complexity index is 1790. The molecule has 1 unspecified atom stereocenters. The second kappa shape index (κ2) is 21.4. The Hall–Kier alpha value is -4.93. The molecule has 5 amide bonds. The third kappa shape index (κ3) is 12.5. The van der Waals surface area contributed by atoms with Gasteiger partial charge in [0.2, 0.25) is 29.5 Å². The fourth-order valence-corrected chi connectivity index (χ4v) is 7.79. The van der Waals surface area contributed by atoms with Crippen molar-refractivity contribution in [3.05, 3.63) is 106 Å². The predicted octanol–water partition coefficient (Wildman–Crippen LogP) is 0.930. The molecule has 3 aromatic rings. The summed E-state index contributed by atoms with van der Waals surface area (Å²) in [7, 11) is 0. The maximum atomic E-state index is 14.6. The highest BCUT2D eigenvalue weighted by atomic mass is 32.1. The number of nitrogens with one attached hydrogen (secondary N) is 5. The lowest BCUT2D eigenvalue weighted by Crippen LogP contribution is -2.58. The Balaban J connectivity index is 1.43. The van der Waals surface area contributed by atoms with Crippen LogP contribution in [0.2, 0.25) is 0 Å². The number of ether oxygens (including phenoxy) is 1. The molecule has 8 N–H and O–H groups in total. The fourth-order valence-electron chi connectivity index (χ4n) is 7.04. The summed E-state index contributed by atoms with van der Waals surface area (Å²) >= 11 is 1.49. The minimum atomic E-state index is -1.23. The summed E-state index contributed by atoms with van der Waals surface area (Å²) in [4.78, 5) is 71.3. The summed E-state index contributed by atoms with van der Waals surface area (Å²) in [5.41, 5.74) is 6.73. The molecule has 15 heteroatoms. The van der Waals surface area contributed by atoms with Crippen LogP contribution in [-0.2, 0) is 54.5 Å². The number of amides is 5. The topological polar surface area (TPSA) is 204 Å². The summed E-state index contributed by atoms with van der Waals surface area (Å²) in [6.45, 7) is 1.93. The Morgan fingerprint density at radius 3 is 2.55 bits per heavy atom. The number of aliphatic hydroxyl groups excluding tert-OH is 1. The number of piperidine rings is 1. The molecule has 2 aliphatic heterocycles. The van der Waals surface area contributed by atoms with Crippen LogP contribution in [0.3, 0.4) is 0 Å². The second-order valence-corrected chi connectivity index (χ2v) is 15.2. The Morgan fingerprint density at radius 1 is 1.00 bits per heavy atom. The van der Waals surface area contributed by atoms with Gasteiger partial charge in [-0.1, -0.05) is 60.7 Å². The van der Waals surface area contributed by atoms with Crippen LogP contribution < -0.4 is 32.3 Å². The summed E-state index contributed by atoms with van der Waals surface area (Å²) in [5, 5.41) is 27.2. The zero-order chi connectivity index (χ0) is 39.8. The number of nitrogens with two attached hydrogens (primary N) is 1. The number of carbonyl (C=O) groups excluding carboxylic acids is 5. The monoisotopic (exact) mass is 787 g/mol. The molecule has 1 aromatic heterocycles. The van der Waals surface area contributed by atoms with Crippen molar-refractivity contribution in [2.75, 3.05) is 45.9 Å². The molecule has 0 spiro atoms.